The van der Waals surface area contributed by atoms with Crippen molar-refractivity contribution in [3.63, 3.8) is 0 Å². The maximum absolute atomic E-state index is 8.70. The molecule has 0 bridgehead atoms. The van der Waals surface area contributed by atoms with E-state index in [0.717, 1.165) is 24.8 Å². The first-order chi connectivity index (χ1) is 8.74. The van der Waals surface area contributed by atoms with Gasteiger partial charge in [-0.05, 0) is 37.8 Å². The number of pyridine rings is 1. The summed E-state index contributed by atoms with van der Waals surface area (Å²) < 4.78 is 0. The van der Waals surface area contributed by atoms with Gasteiger partial charge in [0.05, 0.1) is 0 Å². The van der Waals surface area contributed by atoms with Crippen molar-refractivity contribution < 1.29 is 5.21 Å². The Morgan fingerprint density at radius 1 is 1.61 bits per heavy atom. The van der Waals surface area contributed by atoms with Gasteiger partial charge in [-0.25, -0.2) is 4.98 Å². The number of hydrogen-bond donors (Lipinski definition) is 2. The van der Waals surface area contributed by atoms with Gasteiger partial charge in [0, 0.05) is 24.8 Å². The number of amidine groups is 1. The number of nitrogens with two attached hydrogens (primary N) is 1. The Balaban J connectivity index is 2.14. The van der Waals surface area contributed by atoms with Crippen LogP contribution in [-0.4, -0.2) is 29.1 Å². The summed E-state index contributed by atoms with van der Waals surface area (Å²) in [6.45, 7) is 4.09. The van der Waals surface area contributed by atoms with Crippen LogP contribution in [0.3, 0.4) is 0 Å². The maximum atomic E-state index is 8.70. The molecule has 5 nitrogen and oxygen atoms in total. The first-order valence-corrected chi connectivity index (χ1v) is 6.43. The second-order valence-corrected chi connectivity index (χ2v) is 4.72. The lowest BCUT2D eigenvalue weighted by atomic mass is 9.85. The average molecular weight is 248 g/mol. The fourth-order valence-electron chi connectivity index (χ4n) is 2.18. The Morgan fingerprint density at radius 2 is 2.39 bits per heavy atom. The van der Waals surface area contributed by atoms with Crippen molar-refractivity contribution in [2.45, 2.75) is 26.2 Å². The van der Waals surface area contributed by atoms with E-state index in [1.807, 2.05) is 6.07 Å². The molecule has 0 aliphatic heterocycles. The van der Waals surface area contributed by atoms with E-state index in [2.05, 4.69) is 22.0 Å². The van der Waals surface area contributed by atoms with Crippen LogP contribution >= 0.6 is 0 Å². The van der Waals surface area contributed by atoms with Gasteiger partial charge in [-0.3, -0.25) is 0 Å². The topological polar surface area (TPSA) is 74.7 Å². The first kappa shape index (κ1) is 12.7. The second kappa shape index (κ2) is 5.71. The van der Waals surface area contributed by atoms with E-state index >= 15 is 0 Å². The Kier molecular flexibility index (Phi) is 4.02. The van der Waals surface area contributed by atoms with Gasteiger partial charge in [0.15, 0.2) is 5.84 Å². The Morgan fingerprint density at radius 3 is 2.94 bits per heavy atom. The zero-order valence-corrected chi connectivity index (χ0v) is 10.7. The lowest BCUT2D eigenvalue weighted by molar-refractivity contribution is 0.318. The minimum Gasteiger partial charge on any atom is -0.409 e. The molecule has 1 aliphatic rings. The van der Waals surface area contributed by atoms with Gasteiger partial charge < -0.3 is 15.8 Å². The molecule has 0 atom stereocenters. The third-order valence-electron chi connectivity index (χ3n) is 3.56. The zero-order chi connectivity index (χ0) is 13.0. The molecule has 18 heavy (non-hydrogen) atoms. The number of aromatic nitrogens is 1. The molecular weight excluding hydrogens is 228 g/mol. The molecule has 1 aromatic rings. The van der Waals surface area contributed by atoms with Gasteiger partial charge in [-0.1, -0.05) is 11.6 Å². The molecule has 0 saturated heterocycles. The summed E-state index contributed by atoms with van der Waals surface area (Å²) in [4.78, 5) is 6.62. The molecule has 1 fully saturated rings. The van der Waals surface area contributed by atoms with Crippen LogP contribution in [0.4, 0.5) is 5.82 Å². The maximum Gasteiger partial charge on any atom is 0.170 e. The summed E-state index contributed by atoms with van der Waals surface area (Å²) in [7, 11) is 0. The number of oxime groups is 1. The summed E-state index contributed by atoms with van der Waals surface area (Å²) in [5.74, 6) is 1.81. The van der Waals surface area contributed by atoms with Crippen molar-refractivity contribution in [3.05, 3.63) is 23.9 Å². The highest BCUT2D eigenvalue weighted by Gasteiger charge is 2.20. The molecule has 1 aromatic heterocycles. The summed E-state index contributed by atoms with van der Waals surface area (Å²) in [6.07, 6.45) is 5.68. The number of anilines is 1. The van der Waals surface area contributed by atoms with E-state index in [4.69, 9.17) is 10.9 Å². The Bertz CT molecular complexity index is 429. The van der Waals surface area contributed by atoms with E-state index in [0.29, 0.717) is 5.56 Å². The lowest BCUT2D eigenvalue weighted by Gasteiger charge is -2.32. The molecule has 0 spiro atoms. The Labute approximate surface area is 107 Å². The third kappa shape index (κ3) is 2.72. The fraction of sp³-hybridized carbons (Fsp3) is 0.538. The van der Waals surface area contributed by atoms with Crippen molar-refractivity contribution in [2.75, 3.05) is 18.0 Å². The standard InChI is InChI=1S/C13H20N4O/c1-2-17(9-10-4-3-5-10)12-8-11(6-7-15-12)13(14)16-18/h6-8,10,18H,2-5,9H2,1H3,(H2,14,16). The van der Waals surface area contributed by atoms with Crippen molar-refractivity contribution in [2.24, 2.45) is 16.8 Å². The van der Waals surface area contributed by atoms with Crippen molar-refractivity contribution in [1.29, 1.82) is 0 Å². The van der Waals surface area contributed by atoms with Gasteiger partial charge in [-0.15, -0.1) is 0 Å². The molecule has 0 amide bonds. The first-order valence-electron chi connectivity index (χ1n) is 6.43. The van der Waals surface area contributed by atoms with E-state index in [1.165, 1.54) is 19.3 Å². The van der Waals surface area contributed by atoms with E-state index < -0.39 is 0 Å². The number of rotatable bonds is 5. The lowest BCUT2D eigenvalue weighted by Crippen LogP contribution is -2.33. The van der Waals surface area contributed by atoms with Crippen molar-refractivity contribution in [3.8, 4) is 0 Å². The van der Waals surface area contributed by atoms with Crippen LogP contribution in [0.25, 0.3) is 0 Å². The number of nitrogens with zero attached hydrogens (tertiary/aromatic N) is 3. The second-order valence-electron chi connectivity index (χ2n) is 4.72. The highest BCUT2D eigenvalue weighted by atomic mass is 16.4. The monoisotopic (exact) mass is 248 g/mol. The molecule has 1 heterocycles. The van der Waals surface area contributed by atoms with E-state index in [-0.39, 0.29) is 5.84 Å². The van der Waals surface area contributed by atoms with Gasteiger partial charge in [0.1, 0.15) is 5.82 Å². The summed E-state index contributed by atoms with van der Waals surface area (Å²) in [5, 5.41) is 11.7. The molecule has 0 aromatic carbocycles. The predicted molar refractivity (Wildman–Crippen MR) is 72.0 cm³/mol. The highest BCUT2D eigenvalue weighted by molar-refractivity contribution is 5.97. The molecule has 1 aliphatic carbocycles. The molecule has 0 unspecified atom stereocenters. The summed E-state index contributed by atoms with van der Waals surface area (Å²) in [6, 6.07) is 3.62. The fourth-order valence-corrected chi connectivity index (χ4v) is 2.18. The quantitative estimate of drug-likeness (QED) is 0.360. The van der Waals surface area contributed by atoms with Crippen LogP contribution in [0.15, 0.2) is 23.5 Å². The van der Waals surface area contributed by atoms with Crippen LogP contribution in [-0.2, 0) is 0 Å². The zero-order valence-electron chi connectivity index (χ0n) is 10.7. The average Bonchev–Trinajstić information content (AvgIpc) is 2.37. The van der Waals surface area contributed by atoms with Crippen molar-refractivity contribution >= 4 is 11.7 Å². The van der Waals surface area contributed by atoms with Gasteiger partial charge in [0.25, 0.3) is 0 Å². The number of hydrogen-bond acceptors (Lipinski definition) is 4. The minimum absolute atomic E-state index is 0.123. The van der Waals surface area contributed by atoms with Gasteiger partial charge in [-0.2, -0.15) is 0 Å². The molecular formula is C13H20N4O. The smallest absolute Gasteiger partial charge is 0.170 e. The van der Waals surface area contributed by atoms with Gasteiger partial charge >= 0.3 is 0 Å². The molecule has 3 N–H and O–H groups in total. The summed E-state index contributed by atoms with van der Waals surface area (Å²) in [5.41, 5.74) is 6.30. The van der Waals surface area contributed by atoms with Crippen LogP contribution in [0.1, 0.15) is 31.7 Å². The molecule has 98 valence electrons. The van der Waals surface area contributed by atoms with Crippen LogP contribution < -0.4 is 10.6 Å². The molecule has 1 saturated carbocycles. The Hall–Kier alpha value is -1.78. The van der Waals surface area contributed by atoms with Crippen LogP contribution in [0.5, 0.6) is 0 Å². The third-order valence-corrected chi connectivity index (χ3v) is 3.56. The van der Waals surface area contributed by atoms with Gasteiger partial charge in [0.2, 0.25) is 0 Å². The summed E-state index contributed by atoms with van der Waals surface area (Å²) >= 11 is 0. The van der Waals surface area contributed by atoms with E-state index in [1.54, 1.807) is 12.3 Å². The minimum atomic E-state index is 0.123. The molecule has 5 heteroatoms. The normalized spacial score (nSPS) is 16.4. The largest absolute Gasteiger partial charge is 0.409 e. The van der Waals surface area contributed by atoms with Crippen LogP contribution in [0.2, 0.25) is 0 Å². The molecule has 2 rings (SSSR count). The van der Waals surface area contributed by atoms with Crippen molar-refractivity contribution in [1.82, 2.24) is 4.98 Å². The molecule has 0 radical (unpaired) electrons. The highest BCUT2D eigenvalue weighted by Crippen LogP contribution is 2.28. The predicted octanol–water partition coefficient (Wildman–Crippen LogP) is 1.80. The SMILES string of the molecule is CCN(CC1CCC1)c1cc(/C(N)=N/O)ccn1. The van der Waals surface area contributed by atoms with E-state index in [9.17, 15) is 0 Å². The van der Waals surface area contributed by atoms with Crippen LogP contribution in [0, 0.1) is 5.92 Å².